The molecular weight excluding hydrogens is 722 g/mol. The van der Waals surface area contributed by atoms with Gasteiger partial charge in [0.2, 0.25) is 0 Å². The summed E-state index contributed by atoms with van der Waals surface area (Å²) in [7, 11) is 0.222. The van der Waals surface area contributed by atoms with Crippen LogP contribution >= 0.6 is 15.8 Å². The molecule has 0 N–H and O–H groups in total. The van der Waals surface area contributed by atoms with Crippen molar-refractivity contribution in [3.05, 3.63) is 133 Å². The second-order valence-electron chi connectivity index (χ2n) is 10.2. The van der Waals surface area contributed by atoms with Gasteiger partial charge in [0.15, 0.2) is 5.90 Å². The zero-order chi connectivity index (χ0) is 27.8. The zero-order valence-electron chi connectivity index (χ0n) is 23.7. The predicted octanol–water partition coefficient (Wildman–Crippen LogP) is 9.75. The Balaban J connectivity index is 0.000000226. The van der Waals surface area contributed by atoms with Crippen molar-refractivity contribution in [2.45, 2.75) is 0 Å². The van der Waals surface area contributed by atoms with Gasteiger partial charge in [-0.25, -0.2) is 0 Å². The third-order valence-corrected chi connectivity index (χ3v) is 12.2. The molecule has 0 bridgehead atoms. The molecule has 0 aliphatic carbocycles. The number of hydrogen-bond acceptors (Lipinski definition) is 0. The summed E-state index contributed by atoms with van der Waals surface area (Å²) in [5.41, 5.74) is 1.77. The minimum absolute atomic E-state index is 0. The third kappa shape index (κ3) is 8.91. The van der Waals surface area contributed by atoms with E-state index in [0.717, 1.165) is 54.2 Å². The minimum Gasteiger partial charge on any atom is -0.366 e. The summed E-state index contributed by atoms with van der Waals surface area (Å²) in [5.74, 6) is 6.69. The van der Waals surface area contributed by atoms with Crippen LogP contribution < -0.4 is 0 Å². The average Bonchev–Trinajstić information content (AvgIpc) is 2.94. The van der Waals surface area contributed by atoms with Crippen LogP contribution in [-0.2, 0) is 44.8 Å². The molecule has 0 nitrogen and oxygen atoms in total. The number of benzene rings is 6. The van der Waals surface area contributed by atoms with Crippen molar-refractivity contribution in [1.82, 2.24) is 0 Å². The molecule has 212 valence electrons. The summed E-state index contributed by atoms with van der Waals surface area (Å²) >= 11 is 0. The molecule has 0 atom stereocenters. The van der Waals surface area contributed by atoms with Crippen LogP contribution in [0.5, 0.6) is 0 Å². The maximum absolute atomic E-state index is 7.46. The quantitative estimate of drug-likeness (QED) is 0.0543. The summed E-state index contributed by atoms with van der Waals surface area (Å²) in [5, 5.41) is 9.03. The van der Waals surface area contributed by atoms with Gasteiger partial charge in [-0.1, -0.05) is 119 Å². The molecule has 0 spiro atoms. The molecular formula is C37H34Ag2P2+2. The first-order valence-electron chi connectivity index (χ1n) is 13.2. The molecule has 0 aliphatic rings. The smallest absolute Gasteiger partial charge is 0.366 e. The summed E-state index contributed by atoms with van der Waals surface area (Å²) < 4.78 is 0. The van der Waals surface area contributed by atoms with Crippen molar-refractivity contribution in [3.63, 3.8) is 0 Å². The predicted molar refractivity (Wildman–Crippen MR) is 181 cm³/mol. The van der Waals surface area contributed by atoms with Crippen molar-refractivity contribution in [3.8, 4) is 11.8 Å². The van der Waals surface area contributed by atoms with Crippen LogP contribution in [0.3, 0.4) is 0 Å². The van der Waals surface area contributed by atoms with Gasteiger partial charge in [0.05, 0.1) is 0 Å². The first-order valence-corrected chi connectivity index (χ1v) is 18.6. The Morgan fingerprint density at radius 1 is 0.463 bits per heavy atom. The van der Waals surface area contributed by atoms with Gasteiger partial charge in [0.25, 0.3) is 0 Å². The fourth-order valence-corrected chi connectivity index (χ4v) is 10.7. The summed E-state index contributed by atoms with van der Waals surface area (Å²) in [4.78, 5) is 0. The van der Waals surface area contributed by atoms with Crippen LogP contribution in [-0.4, -0.2) is 32.6 Å². The van der Waals surface area contributed by atoms with Crippen LogP contribution in [0.1, 0.15) is 11.1 Å². The van der Waals surface area contributed by atoms with Gasteiger partial charge in [0, 0.05) is 42.5 Å². The Morgan fingerprint density at radius 2 is 0.707 bits per heavy atom. The van der Waals surface area contributed by atoms with Crippen molar-refractivity contribution in [2.24, 2.45) is 0 Å². The Morgan fingerprint density at radius 3 is 0.902 bits per heavy atom. The molecule has 6 aromatic carbocycles. The summed E-state index contributed by atoms with van der Waals surface area (Å²) in [6.07, 6.45) is 14.9. The van der Waals surface area contributed by atoms with Gasteiger partial charge < -0.3 is 12.8 Å². The molecule has 0 saturated heterocycles. The molecule has 4 heteroatoms. The molecule has 41 heavy (non-hydrogen) atoms. The Kier molecular flexibility index (Phi) is 14.6. The Hall–Kier alpha value is -2.18. The fraction of sp³-hybridized carbons (Fsp3) is 0.135. The van der Waals surface area contributed by atoms with Gasteiger partial charge in [-0.2, -0.15) is 0 Å². The van der Waals surface area contributed by atoms with Crippen molar-refractivity contribution < 1.29 is 44.8 Å². The van der Waals surface area contributed by atoms with Gasteiger partial charge in [-0.3, -0.25) is 11.8 Å². The largest absolute Gasteiger partial charge is 1.00 e. The second kappa shape index (κ2) is 17.1. The summed E-state index contributed by atoms with van der Waals surface area (Å²) in [6.45, 7) is 9.56. The molecule has 0 amide bonds. The van der Waals surface area contributed by atoms with Crippen molar-refractivity contribution >= 4 is 58.9 Å². The molecule has 0 heterocycles. The first kappa shape index (κ1) is 35.0. The Labute approximate surface area is 279 Å². The Bertz CT molecular complexity index is 1580. The van der Waals surface area contributed by atoms with Crippen molar-refractivity contribution in [1.29, 1.82) is 0 Å². The van der Waals surface area contributed by atoms with Crippen LogP contribution in [0.25, 0.3) is 43.1 Å². The van der Waals surface area contributed by atoms with E-state index in [-0.39, 0.29) is 60.6 Å². The zero-order valence-corrected chi connectivity index (χ0v) is 28.7. The first-order chi connectivity index (χ1) is 18.9. The van der Waals surface area contributed by atoms with E-state index < -0.39 is 0 Å². The minimum atomic E-state index is 0. The van der Waals surface area contributed by atoms with Gasteiger partial charge >= 0.3 is 44.8 Å². The maximum Gasteiger partial charge on any atom is 1.00 e. The molecule has 0 unspecified atom stereocenters. The van der Waals surface area contributed by atoms with E-state index in [1.165, 1.54) is 0 Å². The normalized spacial score (nSPS) is 10.0. The summed E-state index contributed by atoms with van der Waals surface area (Å²) in [6, 6.07) is 36.8. The number of rotatable bonds is 2. The fourth-order valence-electron chi connectivity index (χ4n) is 5.00. The monoisotopic (exact) mass is 754 g/mol. The van der Waals surface area contributed by atoms with E-state index in [1.807, 2.05) is 72.8 Å². The SMILES string of the molecule is C[PH+](C)C[PH+](C)C.[Ag+].[Ag+].[C-]#Cc1c2ccccc2cc2ccccc12.[C-]#Cc1c2ccccc2cc2ccccc12. The molecule has 0 saturated carbocycles. The number of hydrogen-bond donors (Lipinski definition) is 0. The van der Waals surface area contributed by atoms with Crippen LogP contribution in [0, 0.1) is 24.7 Å². The molecule has 0 radical (unpaired) electrons. The van der Waals surface area contributed by atoms with E-state index in [4.69, 9.17) is 12.8 Å². The standard InChI is InChI=1S/2C16H9.C5H14P2.2Ag/c2*1-2-14-15-9-5-3-7-12(15)11-13-8-4-6-10-16(13)14;1-6(2)5-7(3)4;;/h2*3-11H;5H2,1-4H3;;/q2*-1;;2*+1/p+2. The molecule has 6 rings (SSSR count). The van der Waals surface area contributed by atoms with Crippen LogP contribution in [0.2, 0.25) is 0 Å². The van der Waals surface area contributed by atoms with E-state index in [0.29, 0.717) is 0 Å². The molecule has 0 aromatic heterocycles. The topological polar surface area (TPSA) is 0 Å². The third-order valence-electron chi connectivity index (χ3n) is 6.50. The molecule has 0 fully saturated rings. The van der Waals surface area contributed by atoms with Gasteiger partial charge in [0.1, 0.15) is 0 Å². The average molecular weight is 756 g/mol. The van der Waals surface area contributed by atoms with Crippen LogP contribution in [0.15, 0.2) is 109 Å². The second-order valence-corrected chi connectivity index (χ2v) is 16.5. The van der Waals surface area contributed by atoms with E-state index >= 15 is 0 Å². The van der Waals surface area contributed by atoms with E-state index in [2.05, 4.69) is 74.9 Å². The molecule has 6 aromatic rings. The van der Waals surface area contributed by atoms with Gasteiger partial charge in [-0.15, -0.1) is 11.1 Å². The van der Waals surface area contributed by atoms with Gasteiger partial charge in [-0.05, 0) is 33.7 Å². The van der Waals surface area contributed by atoms with Crippen LogP contribution in [0.4, 0.5) is 0 Å². The number of fused-ring (bicyclic) bond motifs is 4. The molecule has 0 aliphatic heterocycles. The van der Waals surface area contributed by atoms with E-state index in [9.17, 15) is 0 Å². The van der Waals surface area contributed by atoms with Crippen molar-refractivity contribution in [2.75, 3.05) is 32.6 Å². The maximum atomic E-state index is 7.46. The van der Waals surface area contributed by atoms with E-state index in [1.54, 1.807) is 5.90 Å².